The van der Waals surface area contributed by atoms with Crippen molar-refractivity contribution in [3.8, 4) is 0 Å². The van der Waals surface area contributed by atoms with Crippen molar-refractivity contribution in [3.63, 3.8) is 0 Å². The van der Waals surface area contributed by atoms with Crippen LogP contribution in [0.4, 0.5) is 0 Å². The number of aromatic nitrogens is 1. The first-order valence-corrected chi connectivity index (χ1v) is 7.10. The average molecular weight is 291 g/mol. The molecule has 1 aliphatic rings. The number of hydrogen-bond acceptors (Lipinski definition) is 5. The molecule has 1 fully saturated rings. The first-order chi connectivity index (χ1) is 10.2. The molecule has 0 spiro atoms. The smallest absolute Gasteiger partial charge is 0.420 e. The van der Waals surface area contributed by atoms with E-state index in [4.69, 9.17) is 14.3 Å². The van der Waals surface area contributed by atoms with E-state index in [0.29, 0.717) is 16.7 Å². The van der Waals surface area contributed by atoms with E-state index in [0.717, 1.165) is 25.7 Å². The van der Waals surface area contributed by atoms with Gasteiger partial charge in [-0.1, -0.05) is 6.07 Å². The summed E-state index contributed by atoms with van der Waals surface area (Å²) < 4.78 is 11.7. The fourth-order valence-corrected chi connectivity index (χ4v) is 2.72. The number of nitrogens with zero attached hydrogens (tertiary/aromatic N) is 1. The molecular formula is C15H17NO5. The Morgan fingerprint density at radius 3 is 2.86 bits per heavy atom. The molecule has 0 radical (unpaired) electrons. The third-order valence-electron chi connectivity index (χ3n) is 3.80. The van der Waals surface area contributed by atoms with E-state index in [1.807, 2.05) is 0 Å². The molecule has 3 rings (SSSR count). The van der Waals surface area contributed by atoms with Gasteiger partial charge in [0.1, 0.15) is 12.6 Å². The molecule has 1 saturated carbocycles. The van der Waals surface area contributed by atoms with Crippen LogP contribution in [0.15, 0.2) is 27.4 Å². The van der Waals surface area contributed by atoms with Crippen molar-refractivity contribution in [2.24, 2.45) is 0 Å². The molecule has 1 aromatic carbocycles. The van der Waals surface area contributed by atoms with Crippen molar-refractivity contribution in [2.45, 2.75) is 44.9 Å². The molecule has 0 saturated heterocycles. The zero-order valence-electron chi connectivity index (χ0n) is 11.6. The number of rotatable bonds is 4. The normalized spacial score (nSPS) is 15.7. The number of esters is 1. The number of carbonyl (C=O) groups is 1. The molecule has 0 bridgehead atoms. The summed E-state index contributed by atoms with van der Waals surface area (Å²) in [6, 6.07) is 4.94. The lowest BCUT2D eigenvalue weighted by molar-refractivity contribution is -0.149. The summed E-state index contributed by atoms with van der Waals surface area (Å²) >= 11 is 0. The Balaban J connectivity index is 1.81. The second kappa shape index (κ2) is 5.73. The number of fused-ring (bicyclic) bond motifs is 1. The van der Waals surface area contributed by atoms with Gasteiger partial charge in [0.05, 0.1) is 12.1 Å². The first-order valence-electron chi connectivity index (χ1n) is 7.10. The maximum Gasteiger partial charge on any atom is 0.420 e. The minimum absolute atomic E-state index is 0.0210. The quantitative estimate of drug-likeness (QED) is 0.865. The topological polar surface area (TPSA) is 81.7 Å². The van der Waals surface area contributed by atoms with Crippen molar-refractivity contribution in [3.05, 3.63) is 34.3 Å². The number of ether oxygens (including phenoxy) is 1. The molecule has 0 aliphatic heterocycles. The van der Waals surface area contributed by atoms with Gasteiger partial charge in [0.2, 0.25) is 0 Å². The zero-order chi connectivity index (χ0) is 14.8. The highest BCUT2D eigenvalue weighted by atomic mass is 16.5. The van der Waals surface area contributed by atoms with Crippen LogP contribution in [0.25, 0.3) is 11.1 Å². The molecule has 0 amide bonds. The highest BCUT2D eigenvalue weighted by Crippen LogP contribution is 2.21. The summed E-state index contributed by atoms with van der Waals surface area (Å²) in [4.78, 5) is 23.8. The number of carbonyl (C=O) groups excluding carboxylic acids is 1. The highest BCUT2D eigenvalue weighted by molar-refractivity contribution is 5.77. The van der Waals surface area contributed by atoms with Gasteiger partial charge in [-0.3, -0.25) is 9.36 Å². The van der Waals surface area contributed by atoms with Crippen LogP contribution < -0.4 is 5.76 Å². The van der Waals surface area contributed by atoms with Gasteiger partial charge in [-0.05, 0) is 43.4 Å². The maximum atomic E-state index is 11.9. The minimum Gasteiger partial charge on any atom is -0.461 e. The molecule has 6 heteroatoms. The van der Waals surface area contributed by atoms with E-state index >= 15 is 0 Å². The minimum atomic E-state index is -0.594. The zero-order valence-corrected chi connectivity index (χ0v) is 11.6. The molecular weight excluding hydrogens is 274 g/mol. The predicted octanol–water partition coefficient (Wildman–Crippen LogP) is 1.57. The van der Waals surface area contributed by atoms with Crippen LogP contribution in [-0.4, -0.2) is 21.7 Å². The SMILES string of the molecule is O=C(Cn1c(=O)oc2cc(CO)ccc21)OC1CCCC1. The van der Waals surface area contributed by atoms with Gasteiger partial charge >= 0.3 is 11.7 Å². The van der Waals surface area contributed by atoms with Crippen LogP contribution >= 0.6 is 0 Å². The van der Waals surface area contributed by atoms with Crippen molar-refractivity contribution in [1.82, 2.24) is 4.57 Å². The standard InChI is InChI=1S/C15H17NO5/c17-9-10-5-6-12-13(7-10)21-15(19)16(12)8-14(18)20-11-3-1-2-4-11/h5-7,11,17H,1-4,8-9H2. The molecule has 1 aliphatic carbocycles. The van der Waals surface area contributed by atoms with E-state index in [1.165, 1.54) is 4.57 Å². The molecule has 2 aromatic rings. The van der Waals surface area contributed by atoms with Crippen LogP contribution in [0.2, 0.25) is 0 Å². The van der Waals surface area contributed by atoms with Gasteiger partial charge in [0.15, 0.2) is 5.58 Å². The Morgan fingerprint density at radius 1 is 1.38 bits per heavy atom. The van der Waals surface area contributed by atoms with E-state index in [9.17, 15) is 9.59 Å². The van der Waals surface area contributed by atoms with Gasteiger partial charge in [-0.15, -0.1) is 0 Å². The van der Waals surface area contributed by atoms with E-state index in [-0.39, 0.29) is 19.3 Å². The molecule has 0 unspecified atom stereocenters. The van der Waals surface area contributed by atoms with Crippen molar-refractivity contribution >= 4 is 17.1 Å². The molecule has 1 N–H and O–H groups in total. The summed E-state index contributed by atoms with van der Waals surface area (Å²) in [7, 11) is 0. The molecule has 6 nitrogen and oxygen atoms in total. The van der Waals surface area contributed by atoms with Crippen molar-refractivity contribution in [2.75, 3.05) is 0 Å². The fourth-order valence-electron chi connectivity index (χ4n) is 2.72. The number of benzene rings is 1. The van der Waals surface area contributed by atoms with E-state index in [1.54, 1.807) is 18.2 Å². The Labute approximate surface area is 120 Å². The van der Waals surface area contributed by atoms with Gasteiger partial charge in [-0.2, -0.15) is 0 Å². The second-order valence-corrected chi connectivity index (χ2v) is 5.31. The lowest BCUT2D eigenvalue weighted by atomic mass is 10.2. The number of aliphatic hydroxyl groups excluding tert-OH is 1. The second-order valence-electron chi connectivity index (χ2n) is 5.31. The van der Waals surface area contributed by atoms with E-state index in [2.05, 4.69) is 0 Å². The summed E-state index contributed by atoms with van der Waals surface area (Å²) in [5.74, 6) is -1.01. The fraction of sp³-hybridized carbons (Fsp3) is 0.467. The predicted molar refractivity (Wildman–Crippen MR) is 74.7 cm³/mol. The molecule has 21 heavy (non-hydrogen) atoms. The third kappa shape index (κ3) is 2.85. The van der Waals surface area contributed by atoms with Gasteiger partial charge in [0, 0.05) is 0 Å². The van der Waals surface area contributed by atoms with E-state index < -0.39 is 11.7 Å². The average Bonchev–Trinajstić information content (AvgIpc) is 3.07. The lowest BCUT2D eigenvalue weighted by Crippen LogP contribution is -2.24. The largest absolute Gasteiger partial charge is 0.461 e. The van der Waals surface area contributed by atoms with Crippen molar-refractivity contribution < 1.29 is 19.1 Å². The number of oxazole rings is 1. The summed E-state index contributed by atoms with van der Waals surface area (Å²) in [6.07, 6.45) is 3.93. The molecule has 1 aromatic heterocycles. The monoisotopic (exact) mass is 291 g/mol. The maximum absolute atomic E-state index is 11.9. The molecule has 1 heterocycles. The first kappa shape index (κ1) is 13.9. The number of hydrogen-bond donors (Lipinski definition) is 1. The number of aliphatic hydroxyl groups is 1. The lowest BCUT2D eigenvalue weighted by Gasteiger charge is -2.11. The summed E-state index contributed by atoms with van der Waals surface area (Å²) in [6.45, 7) is -0.282. The van der Waals surface area contributed by atoms with Gasteiger partial charge < -0.3 is 14.3 Å². The highest BCUT2D eigenvalue weighted by Gasteiger charge is 2.21. The summed E-state index contributed by atoms with van der Waals surface area (Å²) in [5, 5.41) is 9.08. The molecule has 112 valence electrons. The third-order valence-corrected chi connectivity index (χ3v) is 3.80. The van der Waals surface area contributed by atoms with Crippen LogP contribution in [0.1, 0.15) is 31.2 Å². The Bertz CT molecular complexity index is 708. The Morgan fingerprint density at radius 2 is 2.14 bits per heavy atom. The van der Waals surface area contributed by atoms with Crippen LogP contribution in [0.5, 0.6) is 0 Å². The van der Waals surface area contributed by atoms with Crippen LogP contribution in [0, 0.1) is 0 Å². The van der Waals surface area contributed by atoms with Gasteiger partial charge in [0.25, 0.3) is 0 Å². The van der Waals surface area contributed by atoms with Gasteiger partial charge in [-0.25, -0.2) is 4.79 Å². The van der Waals surface area contributed by atoms with Crippen molar-refractivity contribution in [1.29, 1.82) is 0 Å². The Hall–Kier alpha value is -2.08. The van der Waals surface area contributed by atoms with Crippen LogP contribution in [-0.2, 0) is 22.7 Å². The van der Waals surface area contributed by atoms with Crippen LogP contribution in [0.3, 0.4) is 0 Å². The Kier molecular flexibility index (Phi) is 3.79. The summed E-state index contributed by atoms with van der Waals surface area (Å²) in [5.41, 5.74) is 1.54. The molecule has 0 atom stereocenters.